The topological polar surface area (TPSA) is 56.0 Å². The van der Waals surface area contributed by atoms with Gasteiger partial charge in [-0.3, -0.25) is 13.9 Å². The van der Waals surface area contributed by atoms with E-state index in [-0.39, 0.29) is 18.8 Å². The molecule has 2 aromatic carbocycles. The lowest BCUT2D eigenvalue weighted by Gasteiger charge is -2.09. The molecule has 0 saturated heterocycles. The molecule has 1 aromatic heterocycles. The second-order valence-electron chi connectivity index (χ2n) is 6.65. The molecule has 0 saturated carbocycles. The maximum atomic E-state index is 12.8. The van der Waals surface area contributed by atoms with Crippen molar-refractivity contribution in [2.45, 2.75) is 32.7 Å². The quantitative estimate of drug-likeness (QED) is 0.624. The second kappa shape index (κ2) is 8.79. The van der Waals surface area contributed by atoms with Gasteiger partial charge >= 0.3 is 11.9 Å². The van der Waals surface area contributed by atoms with Crippen LogP contribution in [0.15, 0.2) is 59.5 Å². The largest absolute Gasteiger partial charge is 0.416 e. The summed E-state index contributed by atoms with van der Waals surface area (Å²) in [5.41, 5.74) is 0.611. The maximum Gasteiger partial charge on any atom is 0.416 e. The van der Waals surface area contributed by atoms with Crippen molar-refractivity contribution in [1.82, 2.24) is 14.5 Å². The lowest BCUT2D eigenvalue weighted by atomic mass is 10.1. The fraction of sp³-hybridized carbons (Fsp3) is 0.238. The van der Waals surface area contributed by atoms with Gasteiger partial charge in [0.25, 0.3) is 0 Å². The molecule has 0 atom stereocenters. The highest BCUT2D eigenvalue weighted by Crippen LogP contribution is 2.29. The number of benzene rings is 2. The molecule has 158 valence electrons. The molecular weight excluding hydrogens is 419 g/mol. The minimum Gasteiger partial charge on any atom is -0.350 e. The van der Waals surface area contributed by atoms with Crippen LogP contribution in [0.1, 0.15) is 18.1 Å². The van der Waals surface area contributed by atoms with Crippen LogP contribution in [0.5, 0.6) is 0 Å². The van der Waals surface area contributed by atoms with E-state index in [0.29, 0.717) is 22.8 Å². The summed E-state index contributed by atoms with van der Waals surface area (Å²) in [5, 5.41) is 3.12. The number of aromatic nitrogens is 2. The Labute approximate surface area is 175 Å². The highest BCUT2D eigenvalue weighted by atomic mass is 35.5. The number of nitrogens with one attached hydrogen (secondary N) is 1. The summed E-state index contributed by atoms with van der Waals surface area (Å²) in [4.78, 5) is 24.9. The summed E-state index contributed by atoms with van der Waals surface area (Å²) in [6, 6.07) is 11.7. The molecule has 0 unspecified atom stereocenters. The van der Waals surface area contributed by atoms with Crippen LogP contribution in [0.25, 0.3) is 11.3 Å². The zero-order valence-corrected chi connectivity index (χ0v) is 16.8. The van der Waals surface area contributed by atoms with Crippen LogP contribution in [0.2, 0.25) is 5.02 Å². The van der Waals surface area contributed by atoms with Crippen molar-refractivity contribution in [2.75, 3.05) is 0 Å². The number of nitrogens with zero attached hydrogens (tertiary/aromatic N) is 2. The van der Waals surface area contributed by atoms with Gasteiger partial charge in [-0.2, -0.15) is 13.2 Å². The molecule has 30 heavy (non-hydrogen) atoms. The highest BCUT2D eigenvalue weighted by molar-refractivity contribution is 6.30. The first-order valence-electron chi connectivity index (χ1n) is 9.17. The molecule has 1 N–H and O–H groups in total. The van der Waals surface area contributed by atoms with E-state index in [1.807, 2.05) is 6.92 Å². The Kier molecular flexibility index (Phi) is 6.36. The number of rotatable bonds is 6. The SMILES string of the molecule is CCn1c(-c2ccc(Cl)cc2)cn(CC(=O)NCc2cccc(C(F)(F)F)c2)c1=O. The molecule has 0 spiro atoms. The lowest BCUT2D eigenvalue weighted by molar-refractivity contribution is -0.137. The van der Waals surface area contributed by atoms with Crippen molar-refractivity contribution in [1.29, 1.82) is 0 Å². The molecule has 5 nitrogen and oxygen atoms in total. The van der Waals surface area contributed by atoms with Gasteiger partial charge in [0.2, 0.25) is 5.91 Å². The number of amides is 1. The van der Waals surface area contributed by atoms with Gasteiger partial charge in [-0.1, -0.05) is 35.9 Å². The Morgan fingerprint density at radius 2 is 1.83 bits per heavy atom. The monoisotopic (exact) mass is 437 g/mol. The fourth-order valence-corrected chi connectivity index (χ4v) is 3.20. The Morgan fingerprint density at radius 3 is 2.47 bits per heavy atom. The van der Waals surface area contributed by atoms with E-state index in [9.17, 15) is 22.8 Å². The summed E-state index contributed by atoms with van der Waals surface area (Å²) < 4.78 is 41.2. The number of halogens is 4. The number of carbonyl (C=O) groups is 1. The molecule has 0 bridgehead atoms. The van der Waals surface area contributed by atoms with E-state index in [0.717, 1.165) is 17.7 Å². The van der Waals surface area contributed by atoms with E-state index in [1.165, 1.54) is 21.3 Å². The lowest BCUT2D eigenvalue weighted by Crippen LogP contribution is -2.32. The predicted molar refractivity (Wildman–Crippen MR) is 108 cm³/mol. The second-order valence-corrected chi connectivity index (χ2v) is 7.09. The van der Waals surface area contributed by atoms with Crippen LogP contribution in [-0.4, -0.2) is 15.0 Å². The third-order valence-corrected chi connectivity index (χ3v) is 4.81. The molecule has 9 heteroatoms. The molecule has 1 amide bonds. The normalized spacial score (nSPS) is 11.5. The smallest absolute Gasteiger partial charge is 0.350 e. The first-order chi connectivity index (χ1) is 14.2. The Hall–Kier alpha value is -3.00. The zero-order valence-electron chi connectivity index (χ0n) is 16.0. The van der Waals surface area contributed by atoms with Gasteiger partial charge in [0.05, 0.1) is 11.3 Å². The van der Waals surface area contributed by atoms with Crippen molar-refractivity contribution < 1.29 is 18.0 Å². The van der Waals surface area contributed by atoms with Gasteiger partial charge < -0.3 is 5.32 Å². The van der Waals surface area contributed by atoms with Gasteiger partial charge in [-0.05, 0) is 42.3 Å². The van der Waals surface area contributed by atoms with E-state index in [1.54, 1.807) is 30.5 Å². The number of imidazole rings is 1. The van der Waals surface area contributed by atoms with Crippen molar-refractivity contribution in [3.05, 3.63) is 81.4 Å². The number of hydrogen-bond donors (Lipinski definition) is 1. The van der Waals surface area contributed by atoms with E-state index in [4.69, 9.17) is 11.6 Å². The highest BCUT2D eigenvalue weighted by Gasteiger charge is 2.30. The first kappa shape index (κ1) is 21.7. The summed E-state index contributed by atoms with van der Waals surface area (Å²) in [6.07, 6.45) is -2.87. The van der Waals surface area contributed by atoms with Crippen LogP contribution < -0.4 is 11.0 Å². The molecule has 1 heterocycles. The van der Waals surface area contributed by atoms with E-state index in [2.05, 4.69) is 5.32 Å². The van der Waals surface area contributed by atoms with Crippen LogP contribution >= 0.6 is 11.6 Å². The number of hydrogen-bond acceptors (Lipinski definition) is 2. The minimum absolute atomic E-state index is 0.0734. The molecule has 0 aliphatic rings. The average molecular weight is 438 g/mol. The zero-order chi connectivity index (χ0) is 21.9. The van der Waals surface area contributed by atoms with E-state index < -0.39 is 17.6 Å². The molecule has 0 aliphatic carbocycles. The molecular formula is C21H19ClF3N3O2. The maximum absolute atomic E-state index is 12.8. The summed E-state index contributed by atoms with van der Waals surface area (Å²) in [6.45, 7) is 1.91. The Balaban J connectivity index is 1.73. The Morgan fingerprint density at radius 1 is 1.13 bits per heavy atom. The van der Waals surface area contributed by atoms with Crippen molar-refractivity contribution in [2.24, 2.45) is 0 Å². The van der Waals surface area contributed by atoms with E-state index >= 15 is 0 Å². The molecule has 0 aliphatic heterocycles. The average Bonchev–Trinajstić information content (AvgIpc) is 3.02. The molecule has 3 rings (SSSR count). The number of carbonyl (C=O) groups excluding carboxylic acids is 1. The predicted octanol–water partition coefficient (Wildman–Crippen LogP) is 4.33. The molecule has 0 fully saturated rings. The van der Waals surface area contributed by atoms with Crippen molar-refractivity contribution in [3.63, 3.8) is 0 Å². The van der Waals surface area contributed by atoms with Crippen molar-refractivity contribution in [3.8, 4) is 11.3 Å². The van der Waals surface area contributed by atoms with Crippen molar-refractivity contribution >= 4 is 17.5 Å². The van der Waals surface area contributed by atoms with Crippen LogP contribution in [0.4, 0.5) is 13.2 Å². The number of alkyl halides is 3. The summed E-state index contributed by atoms with van der Waals surface area (Å²) in [7, 11) is 0. The van der Waals surface area contributed by atoms with Gasteiger partial charge in [0, 0.05) is 24.3 Å². The Bertz CT molecular complexity index is 1100. The van der Waals surface area contributed by atoms with Crippen LogP contribution in [-0.2, 0) is 30.6 Å². The molecule has 3 aromatic rings. The van der Waals surface area contributed by atoms with Gasteiger partial charge in [-0.15, -0.1) is 0 Å². The first-order valence-corrected chi connectivity index (χ1v) is 9.55. The van der Waals surface area contributed by atoms with Gasteiger partial charge in [0.15, 0.2) is 0 Å². The molecule has 0 radical (unpaired) electrons. The summed E-state index contributed by atoms with van der Waals surface area (Å²) >= 11 is 5.91. The third-order valence-electron chi connectivity index (χ3n) is 4.56. The summed E-state index contributed by atoms with van der Waals surface area (Å²) in [5.74, 6) is -0.481. The standard InChI is InChI=1S/C21H19ClF3N3O2/c1-2-28-18(15-6-8-17(22)9-7-15)12-27(20(28)30)13-19(29)26-11-14-4-3-5-16(10-14)21(23,24)25/h3-10,12H,2,11,13H2,1H3,(H,26,29). The third kappa shape index (κ3) is 4.94. The van der Waals surface area contributed by atoms with Gasteiger partial charge in [0.1, 0.15) is 6.54 Å². The van der Waals surface area contributed by atoms with Gasteiger partial charge in [-0.25, -0.2) is 4.79 Å². The fourth-order valence-electron chi connectivity index (χ4n) is 3.07. The minimum atomic E-state index is -4.45. The van der Waals surface area contributed by atoms with Crippen LogP contribution in [0, 0.1) is 0 Å². The van der Waals surface area contributed by atoms with Crippen LogP contribution in [0.3, 0.4) is 0 Å².